The largest absolute Gasteiger partial charge is 0.451 e. The summed E-state index contributed by atoms with van der Waals surface area (Å²) in [5.74, 6) is -0.484. The van der Waals surface area contributed by atoms with Gasteiger partial charge in [0.15, 0.2) is 6.10 Å². The standard InChI is InChI=1S/C17H25N3O4S/c1-10-5-6-13(11(2)9-10)19-15(21)12(3)24-16(22)14(7-8-25-4)20-17(18)23/h5-6,9,12,14H,7-8H2,1-4H3,(H,19,21)(H3,18,20,23)/t12-,14+/m0/s1. The van der Waals surface area contributed by atoms with E-state index in [0.717, 1.165) is 11.1 Å². The molecule has 8 heteroatoms. The number of hydrogen-bond acceptors (Lipinski definition) is 5. The van der Waals surface area contributed by atoms with E-state index in [4.69, 9.17) is 10.5 Å². The quantitative estimate of drug-likeness (QED) is 0.608. The summed E-state index contributed by atoms with van der Waals surface area (Å²) in [4.78, 5) is 35.4. The first-order valence-electron chi connectivity index (χ1n) is 7.88. The van der Waals surface area contributed by atoms with Gasteiger partial charge in [0.05, 0.1) is 0 Å². The SMILES string of the molecule is CSCC[C@@H](NC(N)=O)C(=O)O[C@@H](C)C(=O)Nc1ccc(C)cc1C. The number of ether oxygens (including phenoxy) is 1. The van der Waals surface area contributed by atoms with Gasteiger partial charge < -0.3 is 21.1 Å². The van der Waals surface area contributed by atoms with Gasteiger partial charge in [0.1, 0.15) is 6.04 Å². The van der Waals surface area contributed by atoms with E-state index >= 15 is 0 Å². The summed E-state index contributed by atoms with van der Waals surface area (Å²) < 4.78 is 5.18. The van der Waals surface area contributed by atoms with Crippen molar-refractivity contribution < 1.29 is 19.1 Å². The van der Waals surface area contributed by atoms with Gasteiger partial charge in [0.2, 0.25) is 0 Å². The highest BCUT2D eigenvalue weighted by Gasteiger charge is 2.25. The minimum Gasteiger partial charge on any atom is -0.451 e. The lowest BCUT2D eigenvalue weighted by molar-refractivity contribution is -0.155. The Balaban J connectivity index is 2.67. The maximum Gasteiger partial charge on any atom is 0.329 e. The Labute approximate surface area is 152 Å². The normalized spacial score (nSPS) is 12.8. The minimum absolute atomic E-state index is 0.369. The van der Waals surface area contributed by atoms with Gasteiger partial charge in [-0.2, -0.15) is 11.8 Å². The molecule has 138 valence electrons. The van der Waals surface area contributed by atoms with Crippen LogP contribution in [0.3, 0.4) is 0 Å². The minimum atomic E-state index is -1.00. The molecule has 0 saturated heterocycles. The van der Waals surface area contributed by atoms with Gasteiger partial charge in [-0.3, -0.25) is 4.79 Å². The van der Waals surface area contributed by atoms with Crippen molar-refractivity contribution in [1.29, 1.82) is 0 Å². The van der Waals surface area contributed by atoms with Crippen LogP contribution in [0.2, 0.25) is 0 Å². The number of amides is 3. The molecule has 0 aromatic heterocycles. The molecule has 0 radical (unpaired) electrons. The fraction of sp³-hybridized carbons (Fsp3) is 0.471. The van der Waals surface area contributed by atoms with Gasteiger partial charge in [-0.1, -0.05) is 17.7 Å². The van der Waals surface area contributed by atoms with Gasteiger partial charge >= 0.3 is 12.0 Å². The van der Waals surface area contributed by atoms with Crippen LogP contribution in [-0.4, -0.2) is 42.1 Å². The summed E-state index contributed by atoms with van der Waals surface area (Å²) in [5, 5.41) is 5.08. The second kappa shape index (κ2) is 9.93. The molecule has 0 saturated carbocycles. The van der Waals surface area contributed by atoms with E-state index < -0.39 is 30.1 Å². The van der Waals surface area contributed by atoms with Gasteiger partial charge in [-0.05, 0) is 50.8 Å². The van der Waals surface area contributed by atoms with Crippen LogP contribution in [-0.2, 0) is 14.3 Å². The first-order valence-corrected chi connectivity index (χ1v) is 9.27. The fourth-order valence-electron chi connectivity index (χ4n) is 2.15. The Morgan fingerprint density at radius 3 is 2.52 bits per heavy atom. The van der Waals surface area contributed by atoms with Crippen LogP contribution in [0.15, 0.2) is 18.2 Å². The fourth-order valence-corrected chi connectivity index (χ4v) is 2.63. The number of rotatable bonds is 8. The number of aryl methyl sites for hydroxylation is 2. The molecular formula is C17H25N3O4S. The molecular weight excluding hydrogens is 342 g/mol. The lowest BCUT2D eigenvalue weighted by Gasteiger charge is -2.19. The number of nitrogens with one attached hydrogen (secondary N) is 2. The van der Waals surface area contributed by atoms with E-state index in [0.29, 0.717) is 17.9 Å². The van der Waals surface area contributed by atoms with Gasteiger partial charge in [0, 0.05) is 5.69 Å². The number of nitrogens with two attached hydrogens (primary N) is 1. The zero-order valence-electron chi connectivity index (χ0n) is 14.9. The van der Waals surface area contributed by atoms with Crippen molar-refractivity contribution in [2.45, 2.75) is 39.3 Å². The molecule has 0 spiro atoms. The zero-order chi connectivity index (χ0) is 19.0. The molecule has 0 unspecified atom stereocenters. The monoisotopic (exact) mass is 367 g/mol. The second-order valence-electron chi connectivity index (χ2n) is 5.73. The third-order valence-electron chi connectivity index (χ3n) is 3.51. The molecule has 1 aromatic carbocycles. The van der Waals surface area contributed by atoms with Crippen LogP contribution in [0.4, 0.5) is 10.5 Å². The molecule has 0 fully saturated rings. The molecule has 1 rings (SSSR count). The Kier molecular flexibility index (Phi) is 8.27. The Bertz CT molecular complexity index is 636. The molecule has 0 heterocycles. The van der Waals surface area contributed by atoms with Crippen molar-refractivity contribution in [1.82, 2.24) is 5.32 Å². The number of thioether (sulfide) groups is 1. The lowest BCUT2D eigenvalue weighted by Crippen LogP contribution is -2.46. The molecule has 0 aliphatic heterocycles. The van der Waals surface area contributed by atoms with Crippen LogP contribution < -0.4 is 16.4 Å². The molecule has 1 aromatic rings. The molecule has 0 aliphatic carbocycles. The Morgan fingerprint density at radius 1 is 1.28 bits per heavy atom. The van der Waals surface area contributed by atoms with Gasteiger partial charge in [-0.15, -0.1) is 0 Å². The topological polar surface area (TPSA) is 111 Å². The summed E-state index contributed by atoms with van der Waals surface area (Å²) in [6, 6.07) is 3.94. The smallest absolute Gasteiger partial charge is 0.329 e. The maximum absolute atomic E-state index is 12.2. The van der Waals surface area contributed by atoms with Crippen molar-refractivity contribution >= 4 is 35.4 Å². The van der Waals surface area contributed by atoms with Gasteiger partial charge in [-0.25, -0.2) is 9.59 Å². The lowest BCUT2D eigenvalue weighted by atomic mass is 10.1. The molecule has 3 amide bonds. The van der Waals surface area contributed by atoms with E-state index in [1.165, 1.54) is 18.7 Å². The van der Waals surface area contributed by atoms with E-state index in [9.17, 15) is 14.4 Å². The number of hydrogen-bond donors (Lipinski definition) is 3. The molecule has 7 nitrogen and oxygen atoms in total. The van der Waals surface area contributed by atoms with E-state index in [2.05, 4.69) is 10.6 Å². The number of anilines is 1. The van der Waals surface area contributed by atoms with Crippen LogP contribution in [0, 0.1) is 13.8 Å². The van der Waals surface area contributed by atoms with Crippen molar-refractivity contribution in [2.24, 2.45) is 5.73 Å². The molecule has 0 aliphatic rings. The highest BCUT2D eigenvalue weighted by Crippen LogP contribution is 2.16. The van der Waals surface area contributed by atoms with Crippen LogP contribution in [0.1, 0.15) is 24.5 Å². The zero-order valence-corrected chi connectivity index (χ0v) is 15.7. The average molecular weight is 367 g/mol. The maximum atomic E-state index is 12.2. The predicted molar refractivity (Wildman–Crippen MR) is 99.6 cm³/mol. The number of primary amides is 1. The summed E-state index contributed by atoms with van der Waals surface area (Å²) >= 11 is 1.52. The van der Waals surface area contributed by atoms with E-state index in [1.807, 2.05) is 32.2 Å². The van der Waals surface area contributed by atoms with Crippen LogP contribution >= 0.6 is 11.8 Å². The molecule has 0 bridgehead atoms. The third-order valence-corrected chi connectivity index (χ3v) is 4.16. The third kappa shape index (κ3) is 7.04. The summed E-state index contributed by atoms with van der Waals surface area (Å²) in [6.07, 6.45) is 1.25. The van der Waals surface area contributed by atoms with E-state index in [1.54, 1.807) is 6.07 Å². The van der Waals surface area contributed by atoms with Crippen molar-refractivity contribution in [3.8, 4) is 0 Å². The Morgan fingerprint density at radius 2 is 1.96 bits per heavy atom. The summed E-state index contributed by atoms with van der Waals surface area (Å²) in [7, 11) is 0. The average Bonchev–Trinajstić information content (AvgIpc) is 2.53. The number of esters is 1. The second-order valence-corrected chi connectivity index (χ2v) is 6.71. The predicted octanol–water partition coefficient (Wildman–Crippen LogP) is 1.96. The van der Waals surface area contributed by atoms with Gasteiger partial charge in [0.25, 0.3) is 5.91 Å². The summed E-state index contributed by atoms with van der Waals surface area (Å²) in [5.41, 5.74) is 7.74. The summed E-state index contributed by atoms with van der Waals surface area (Å²) in [6.45, 7) is 5.32. The van der Waals surface area contributed by atoms with Crippen molar-refractivity contribution in [3.63, 3.8) is 0 Å². The van der Waals surface area contributed by atoms with Crippen molar-refractivity contribution in [2.75, 3.05) is 17.3 Å². The Hall–Kier alpha value is -2.22. The number of carbonyl (C=O) groups is 3. The first kappa shape index (κ1) is 20.8. The number of benzene rings is 1. The molecule has 2 atom stereocenters. The highest BCUT2D eigenvalue weighted by atomic mass is 32.2. The highest BCUT2D eigenvalue weighted by molar-refractivity contribution is 7.98. The van der Waals surface area contributed by atoms with Crippen LogP contribution in [0.5, 0.6) is 0 Å². The molecule has 4 N–H and O–H groups in total. The number of urea groups is 1. The van der Waals surface area contributed by atoms with Crippen LogP contribution in [0.25, 0.3) is 0 Å². The number of carbonyl (C=O) groups excluding carboxylic acids is 3. The van der Waals surface area contributed by atoms with Crippen molar-refractivity contribution in [3.05, 3.63) is 29.3 Å². The van der Waals surface area contributed by atoms with E-state index in [-0.39, 0.29) is 0 Å². The first-order chi connectivity index (χ1) is 11.7. The molecule has 25 heavy (non-hydrogen) atoms.